The van der Waals surface area contributed by atoms with Crippen LogP contribution in [0.25, 0.3) is 11.1 Å². The Morgan fingerprint density at radius 3 is 2.89 bits per heavy atom. The Hall–Kier alpha value is -3.31. The number of fused-ring (bicyclic) bond motifs is 1. The second-order valence-electron chi connectivity index (χ2n) is 5.55. The molecule has 0 spiro atoms. The van der Waals surface area contributed by atoms with Crippen molar-refractivity contribution in [3.63, 3.8) is 0 Å². The number of aromatic nitrogens is 1. The molecule has 0 unspecified atom stereocenters. The van der Waals surface area contributed by atoms with Crippen molar-refractivity contribution in [2.24, 2.45) is 0 Å². The summed E-state index contributed by atoms with van der Waals surface area (Å²) in [6.45, 7) is 1.48. The van der Waals surface area contributed by atoms with E-state index in [1.807, 2.05) is 24.3 Å². The standard InChI is InChI=1S/C19H15N3O4S/c1-12(18(24)21-14-6-4-5-13(9-14)10-20)25-17(23)11-27-19-22-15-7-2-3-8-16(15)26-19/h2-9,12H,11H2,1H3,(H,21,24)/t12-/m0/s1. The number of carbonyl (C=O) groups excluding carboxylic acids is 2. The van der Waals surface area contributed by atoms with Gasteiger partial charge in [0, 0.05) is 5.69 Å². The number of nitriles is 1. The number of para-hydroxylation sites is 2. The molecule has 0 saturated carbocycles. The van der Waals surface area contributed by atoms with Crippen molar-refractivity contribution >= 4 is 40.4 Å². The third-order valence-electron chi connectivity index (χ3n) is 3.52. The molecule has 0 aliphatic heterocycles. The lowest BCUT2D eigenvalue weighted by atomic mass is 10.2. The molecule has 27 heavy (non-hydrogen) atoms. The summed E-state index contributed by atoms with van der Waals surface area (Å²) in [5, 5.41) is 11.8. The maximum atomic E-state index is 12.1. The molecule has 3 aromatic rings. The summed E-state index contributed by atoms with van der Waals surface area (Å²) in [5.74, 6) is -1.07. The van der Waals surface area contributed by atoms with Crippen molar-refractivity contribution in [3.8, 4) is 6.07 Å². The molecule has 0 aliphatic carbocycles. The smallest absolute Gasteiger partial charge is 0.317 e. The Morgan fingerprint density at radius 2 is 2.11 bits per heavy atom. The Bertz CT molecular complexity index is 992. The second-order valence-corrected chi connectivity index (χ2v) is 6.48. The van der Waals surface area contributed by atoms with Gasteiger partial charge in [0.15, 0.2) is 11.7 Å². The van der Waals surface area contributed by atoms with E-state index in [0.717, 1.165) is 11.8 Å². The summed E-state index contributed by atoms with van der Waals surface area (Å²) < 4.78 is 10.6. The fourth-order valence-corrected chi connectivity index (χ4v) is 2.85. The van der Waals surface area contributed by atoms with E-state index < -0.39 is 18.0 Å². The zero-order chi connectivity index (χ0) is 19.2. The van der Waals surface area contributed by atoms with E-state index in [9.17, 15) is 9.59 Å². The fraction of sp³-hybridized carbons (Fsp3) is 0.158. The van der Waals surface area contributed by atoms with E-state index in [2.05, 4.69) is 10.3 Å². The van der Waals surface area contributed by atoms with Crippen LogP contribution in [0.3, 0.4) is 0 Å². The number of anilines is 1. The number of carbonyl (C=O) groups is 2. The third kappa shape index (κ3) is 4.86. The number of hydrogen-bond donors (Lipinski definition) is 1. The van der Waals surface area contributed by atoms with Gasteiger partial charge in [-0.25, -0.2) is 4.98 Å². The summed E-state index contributed by atoms with van der Waals surface area (Å²) in [5.41, 5.74) is 2.23. The van der Waals surface area contributed by atoms with Crippen LogP contribution in [-0.4, -0.2) is 28.7 Å². The molecular weight excluding hydrogens is 366 g/mol. The van der Waals surface area contributed by atoms with Crippen LogP contribution >= 0.6 is 11.8 Å². The fourth-order valence-electron chi connectivity index (χ4n) is 2.23. The van der Waals surface area contributed by atoms with E-state index in [4.69, 9.17) is 14.4 Å². The van der Waals surface area contributed by atoms with E-state index >= 15 is 0 Å². The average molecular weight is 381 g/mol. The third-order valence-corrected chi connectivity index (χ3v) is 4.33. The van der Waals surface area contributed by atoms with Crippen LogP contribution in [0.1, 0.15) is 12.5 Å². The number of nitrogens with zero attached hydrogens (tertiary/aromatic N) is 2. The molecule has 1 heterocycles. The lowest BCUT2D eigenvalue weighted by Crippen LogP contribution is -2.30. The molecule has 1 atom stereocenters. The number of thioether (sulfide) groups is 1. The molecule has 0 aliphatic rings. The average Bonchev–Trinajstić information content (AvgIpc) is 3.09. The van der Waals surface area contributed by atoms with E-state index in [0.29, 0.717) is 27.6 Å². The number of rotatable bonds is 6. The molecule has 1 aromatic heterocycles. The van der Waals surface area contributed by atoms with Crippen LogP contribution in [0.2, 0.25) is 0 Å². The Balaban J connectivity index is 1.50. The molecule has 136 valence electrons. The summed E-state index contributed by atoms with van der Waals surface area (Å²) >= 11 is 1.10. The maximum Gasteiger partial charge on any atom is 0.317 e. The molecule has 0 radical (unpaired) electrons. The van der Waals surface area contributed by atoms with Crippen molar-refractivity contribution in [1.82, 2.24) is 4.98 Å². The number of ether oxygens (including phenoxy) is 1. The Kier molecular flexibility index (Phi) is 5.74. The quantitative estimate of drug-likeness (QED) is 0.515. The molecule has 1 N–H and O–H groups in total. The first-order valence-corrected chi connectivity index (χ1v) is 9.02. The Morgan fingerprint density at radius 1 is 1.30 bits per heavy atom. The molecule has 0 saturated heterocycles. The van der Waals surface area contributed by atoms with Crippen LogP contribution in [0, 0.1) is 11.3 Å². The topological polar surface area (TPSA) is 105 Å². The zero-order valence-electron chi connectivity index (χ0n) is 14.3. The van der Waals surface area contributed by atoms with E-state index in [1.165, 1.54) is 13.0 Å². The molecule has 2 aromatic carbocycles. The molecule has 0 fully saturated rings. The van der Waals surface area contributed by atoms with Gasteiger partial charge in [0.05, 0.1) is 11.6 Å². The van der Waals surface area contributed by atoms with Gasteiger partial charge in [-0.15, -0.1) is 0 Å². The monoisotopic (exact) mass is 381 g/mol. The number of oxazole rings is 1. The summed E-state index contributed by atoms with van der Waals surface area (Å²) in [7, 11) is 0. The highest BCUT2D eigenvalue weighted by Gasteiger charge is 2.19. The van der Waals surface area contributed by atoms with Gasteiger partial charge in [-0.2, -0.15) is 5.26 Å². The normalized spacial score (nSPS) is 11.6. The van der Waals surface area contributed by atoms with Crippen LogP contribution in [0.5, 0.6) is 0 Å². The molecule has 7 nitrogen and oxygen atoms in total. The van der Waals surface area contributed by atoms with Crippen molar-refractivity contribution < 1.29 is 18.7 Å². The zero-order valence-corrected chi connectivity index (χ0v) is 15.2. The highest BCUT2D eigenvalue weighted by atomic mass is 32.2. The first-order valence-electron chi connectivity index (χ1n) is 8.04. The molecule has 3 rings (SSSR count). The summed E-state index contributed by atoms with van der Waals surface area (Å²) in [6.07, 6.45) is -0.979. The molecule has 1 amide bonds. The lowest BCUT2D eigenvalue weighted by molar-refractivity contribution is -0.150. The van der Waals surface area contributed by atoms with Gasteiger partial charge >= 0.3 is 5.97 Å². The van der Waals surface area contributed by atoms with Gasteiger partial charge in [-0.3, -0.25) is 9.59 Å². The van der Waals surface area contributed by atoms with Gasteiger partial charge in [0.1, 0.15) is 11.3 Å². The largest absolute Gasteiger partial charge is 0.452 e. The minimum atomic E-state index is -0.979. The minimum absolute atomic E-state index is 0.0334. The number of nitrogens with one attached hydrogen (secondary N) is 1. The molecule has 0 bridgehead atoms. The number of esters is 1. The Labute approximate surface area is 159 Å². The highest BCUT2D eigenvalue weighted by Crippen LogP contribution is 2.23. The molecular formula is C19H15N3O4S. The predicted octanol–water partition coefficient (Wildman–Crippen LogP) is 3.36. The highest BCUT2D eigenvalue weighted by molar-refractivity contribution is 7.99. The maximum absolute atomic E-state index is 12.1. The van der Waals surface area contributed by atoms with E-state index in [1.54, 1.807) is 24.3 Å². The first kappa shape index (κ1) is 18.5. The van der Waals surface area contributed by atoms with Gasteiger partial charge in [0.2, 0.25) is 0 Å². The molecule has 8 heteroatoms. The number of hydrogen-bond acceptors (Lipinski definition) is 7. The van der Waals surface area contributed by atoms with Crippen molar-refractivity contribution in [1.29, 1.82) is 5.26 Å². The summed E-state index contributed by atoms with van der Waals surface area (Å²) in [4.78, 5) is 28.3. The van der Waals surface area contributed by atoms with Gasteiger partial charge in [-0.05, 0) is 37.3 Å². The number of benzene rings is 2. The van der Waals surface area contributed by atoms with Crippen LogP contribution in [0.15, 0.2) is 58.2 Å². The minimum Gasteiger partial charge on any atom is -0.452 e. The summed E-state index contributed by atoms with van der Waals surface area (Å²) in [6, 6.07) is 15.7. The SMILES string of the molecule is C[C@H](OC(=O)CSc1nc2ccccc2o1)C(=O)Nc1cccc(C#N)c1. The predicted molar refractivity (Wildman–Crippen MR) is 100 cm³/mol. The van der Waals surface area contributed by atoms with Gasteiger partial charge < -0.3 is 14.5 Å². The van der Waals surface area contributed by atoms with Gasteiger partial charge in [0.25, 0.3) is 11.1 Å². The lowest BCUT2D eigenvalue weighted by Gasteiger charge is -2.13. The van der Waals surface area contributed by atoms with Crippen LogP contribution in [-0.2, 0) is 14.3 Å². The second kappa shape index (κ2) is 8.38. The number of amides is 1. The van der Waals surface area contributed by atoms with Crippen molar-refractivity contribution in [2.75, 3.05) is 11.1 Å². The van der Waals surface area contributed by atoms with Gasteiger partial charge in [-0.1, -0.05) is 30.0 Å². The van der Waals surface area contributed by atoms with E-state index in [-0.39, 0.29) is 5.75 Å². The van der Waals surface area contributed by atoms with Crippen LogP contribution < -0.4 is 5.32 Å². The van der Waals surface area contributed by atoms with Crippen molar-refractivity contribution in [2.45, 2.75) is 18.3 Å². The first-order chi connectivity index (χ1) is 13.0. The van der Waals surface area contributed by atoms with Crippen molar-refractivity contribution in [3.05, 3.63) is 54.1 Å². The van der Waals surface area contributed by atoms with Crippen LogP contribution in [0.4, 0.5) is 5.69 Å².